The summed E-state index contributed by atoms with van der Waals surface area (Å²) in [7, 11) is -3.51. The van der Waals surface area contributed by atoms with E-state index in [0.717, 1.165) is 34.0 Å². The molecule has 0 atom stereocenters. The average Bonchev–Trinajstić information content (AvgIpc) is 3.37. The van der Waals surface area contributed by atoms with Gasteiger partial charge < -0.3 is 0 Å². The standard InChI is InChI=1S/C23H24ClN5O2S2/c1-16-12-17(2)14-18(13-16)29-21(26-19-4-3-7-25-23(19)29)15-27-8-10-28(11-9-27)33(30,31)22-6-5-20(24)32-22/h3-7,12-14H,8-11,15H2,1-2H3. The summed E-state index contributed by atoms with van der Waals surface area (Å²) in [6.07, 6.45) is 1.79. The molecule has 0 spiro atoms. The minimum atomic E-state index is -3.51. The minimum absolute atomic E-state index is 0.295. The normalized spacial score (nSPS) is 16.0. The summed E-state index contributed by atoms with van der Waals surface area (Å²) in [4.78, 5) is 11.7. The molecule has 0 amide bonds. The first-order valence-corrected chi connectivity index (χ1v) is 13.3. The number of fused-ring (bicyclic) bond motifs is 1. The zero-order valence-electron chi connectivity index (χ0n) is 18.4. The molecule has 1 fully saturated rings. The number of thiophene rings is 1. The zero-order chi connectivity index (χ0) is 23.2. The molecule has 172 valence electrons. The van der Waals surface area contributed by atoms with Gasteiger partial charge >= 0.3 is 0 Å². The van der Waals surface area contributed by atoms with Gasteiger partial charge in [-0.15, -0.1) is 11.3 Å². The Hall–Kier alpha value is -2.30. The summed E-state index contributed by atoms with van der Waals surface area (Å²) in [5.41, 5.74) is 5.08. The van der Waals surface area contributed by atoms with Crippen LogP contribution in [0.4, 0.5) is 0 Å². The van der Waals surface area contributed by atoms with Crippen LogP contribution in [-0.2, 0) is 16.6 Å². The number of halogens is 1. The lowest BCUT2D eigenvalue weighted by atomic mass is 10.1. The molecule has 1 aromatic carbocycles. The summed E-state index contributed by atoms with van der Waals surface area (Å²) < 4.78 is 30.3. The number of aryl methyl sites for hydroxylation is 2. The van der Waals surface area contributed by atoms with Crippen molar-refractivity contribution in [2.45, 2.75) is 24.6 Å². The Labute approximate surface area is 202 Å². The third-order valence-corrected chi connectivity index (χ3v) is 9.39. The summed E-state index contributed by atoms with van der Waals surface area (Å²) >= 11 is 7.05. The van der Waals surface area contributed by atoms with Gasteiger partial charge in [0.15, 0.2) is 5.65 Å². The molecule has 0 N–H and O–H groups in total. The molecule has 1 saturated heterocycles. The molecule has 10 heteroatoms. The van der Waals surface area contributed by atoms with Gasteiger partial charge in [-0.25, -0.2) is 18.4 Å². The predicted molar refractivity (Wildman–Crippen MR) is 132 cm³/mol. The van der Waals surface area contributed by atoms with E-state index in [2.05, 4.69) is 46.5 Å². The van der Waals surface area contributed by atoms with E-state index in [-0.39, 0.29) is 0 Å². The van der Waals surface area contributed by atoms with Gasteiger partial charge in [0.2, 0.25) is 0 Å². The maximum Gasteiger partial charge on any atom is 0.252 e. The van der Waals surface area contributed by atoms with E-state index in [1.54, 1.807) is 22.6 Å². The summed E-state index contributed by atoms with van der Waals surface area (Å²) in [6.45, 7) is 6.90. The van der Waals surface area contributed by atoms with E-state index in [1.807, 2.05) is 12.1 Å². The second-order valence-electron chi connectivity index (χ2n) is 8.29. The fourth-order valence-corrected chi connectivity index (χ4v) is 7.37. The van der Waals surface area contributed by atoms with Gasteiger partial charge in [-0.2, -0.15) is 4.31 Å². The lowest BCUT2D eigenvalue weighted by molar-refractivity contribution is 0.178. The van der Waals surface area contributed by atoms with E-state index in [4.69, 9.17) is 16.6 Å². The molecule has 3 aromatic heterocycles. The lowest BCUT2D eigenvalue weighted by Crippen LogP contribution is -2.48. The number of sulfonamides is 1. The Morgan fingerprint density at radius 2 is 1.76 bits per heavy atom. The van der Waals surface area contributed by atoms with Gasteiger partial charge in [0, 0.05) is 38.1 Å². The first-order chi connectivity index (χ1) is 15.8. The topological polar surface area (TPSA) is 71.3 Å². The molecular weight excluding hydrogens is 478 g/mol. The summed E-state index contributed by atoms with van der Waals surface area (Å²) in [5, 5.41) is 0. The van der Waals surface area contributed by atoms with Crippen molar-refractivity contribution in [1.82, 2.24) is 23.7 Å². The number of rotatable bonds is 5. The zero-order valence-corrected chi connectivity index (χ0v) is 20.8. The number of benzene rings is 1. The van der Waals surface area contributed by atoms with Crippen LogP contribution in [-0.4, -0.2) is 58.3 Å². The van der Waals surface area contributed by atoms with Gasteiger partial charge in [0.25, 0.3) is 10.0 Å². The highest BCUT2D eigenvalue weighted by Gasteiger charge is 2.30. The van der Waals surface area contributed by atoms with Gasteiger partial charge in [-0.1, -0.05) is 17.7 Å². The van der Waals surface area contributed by atoms with Crippen LogP contribution in [0.15, 0.2) is 52.9 Å². The lowest BCUT2D eigenvalue weighted by Gasteiger charge is -2.33. The van der Waals surface area contributed by atoms with Crippen LogP contribution in [0.5, 0.6) is 0 Å². The quantitative estimate of drug-likeness (QED) is 0.408. The number of pyridine rings is 1. The van der Waals surface area contributed by atoms with E-state index in [0.29, 0.717) is 41.3 Å². The van der Waals surface area contributed by atoms with Crippen LogP contribution in [0.3, 0.4) is 0 Å². The summed E-state index contributed by atoms with van der Waals surface area (Å²) in [6, 6.07) is 13.5. The fraction of sp³-hybridized carbons (Fsp3) is 0.304. The highest BCUT2D eigenvalue weighted by Crippen LogP contribution is 2.29. The smallest absolute Gasteiger partial charge is 0.252 e. The van der Waals surface area contributed by atoms with Crippen LogP contribution in [0.25, 0.3) is 16.9 Å². The molecule has 1 aliphatic heterocycles. The fourth-order valence-electron chi connectivity index (χ4n) is 4.31. The highest BCUT2D eigenvalue weighted by atomic mass is 35.5. The SMILES string of the molecule is Cc1cc(C)cc(-n2c(CN3CCN(S(=O)(=O)c4ccc(Cl)s4)CC3)nc3cccnc32)c1. The Morgan fingerprint density at radius 1 is 1.03 bits per heavy atom. The maximum absolute atomic E-state index is 12.9. The van der Waals surface area contributed by atoms with Gasteiger partial charge in [0.05, 0.1) is 10.9 Å². The summed E-state index contributed by atoms with van der Waals surface area (Å²) in [5.74, 6) is 0.898. The van der Waals surface area contributed by atoms with Crippen molar-refractivity contribution in [1.29, 1.82) is 0 Å². The molecule has 33 heavy (non-hydrogen) atoms. The molecule has 5 rings (SSSR count). The van der Waals surface area contributed by atoms with Gasteiger partial charge in [-0.3, -0.25) is 9.47 Å². The monoisotopic (exact) mass is 501 g/mol. The van der Waals surface area contributed by atoms with Crippen LogP contribution in [0.1, 0.15) is 17.0 Å². The Kier molecular flexibility index (Phi) is 6.00. The number of aromatic nitrogens is 3. The number of hydrogen-bond donors (Lipinski definition) is 0. The maximum atomic E-state index is 12.9. The molecule has 7 nitrogen and oxygen atoms in total. The van der Waals surface area contributed by atoms with Crippen LogP contribution in [0.2, 0.25) is 4.34 Å². The third kappa shape index (κ3) is 4.43. The highest BCUT2D eigenvalue weighted by molar-refractivity contribution is 7.91. The van der Waals surface area contributed by atoms with Crippen molar-refractivity contribution in [3.63, 3.8) is 0 Å². The molecule has 0 saturated carbocycles. The Morgan fingerprint density at radius 3 is 2.42 bits per heavy atom. The second-order valence-corrected chi connectivity index (χ2v) is 12.2. The van der Waals surface area contributed by atoms with Crippen molar-refractivity contribution >= 4 is 44.1 Å². The van der Waals surface area contributed by atoms with Gasteiger partial charge in [-0.05, 0) is 61.4 Å². The van der Waals surface area contributed by atoms with E-state index < -0.39 is 10.0 Å². The van der Waals surface area contributed by atoms with Crippen molar-refractivity contribution in [3.05, 3.63) is 69.9 Å². The Bertz CT molecular complexity index is 1400. The first kappa shape index (κ1) is 22.5. The number of piperazine rings is 1. The largest absolute Gasteiger partial charge is 0.293 e. The molecule has 1 aliphatic rings. The van der Waals surface area contributed by atoms with Crippen molar-refractivity contribution < 1.29 is 8.42 Å². The van der Waals surface area contributed by atoms with Crippen molar-refractivity contribution in [2.75, 3.05) is 26.2 Å². The first-order valence-electron chi connectivity index (χ1n) is 10.7. The third-order valence-electron chi connectivity index (χ3n) is 5.79. The molecule has 4 aromatic rings. The molecule has 0 unspecified atom stereocenters. The van der Waals surface area contributed by atoms with Crippen LogP contribution in [0, 0.1) is 13.8 Å². The van der Waals surface area contributed by atoms with Crippen molar-refractivity contribution in [2.24, 2.45) is 0 Å². The minimum Gasteiger partial charge on any atom is -0.293 e. The molecule has 0 bridgehead atoms. The molecular formula is C23H24ClN5O2S2. The number of imidazole rings is 1. The van der Waals surface area contributed by atoms with E-state index >= 15 is 0 Å². The van der Waals surface area contributed by atoms with Crippen molar-refractivity contribution in [3.8, 4) is 5.69 Å². The van der Waals surface area contributed by atoms with E-state index in [1.165, 1.54) is 11.1 Å². The molecule has 4 heterocycles. The van der Waals surface area contributed by atoms with Crippen LogP contribution >= 0.6 is 22.9 Å². The van der Waals surface area contributed by atoms with Crippen LogP contribution < -0.4 is 0 Å². The molecule has 0 aliphatic carbocycles. The molecule has 0 radical (unpaired) electrons. The van der Waals surface area contributed by atoms with E-state index in [9.17, 15) is 8.42 Å². The Balaban J connectivity index is 1.39. The number of hydrogen-bond acceptors (Lipinski definition) is 6. The second kappa shape index (κ2) is 8.81. The average molecular weight is 502 g/mol. The predicted octanol–water partition coefficient (Wildman–Crippen LogP) is 4.26. The number of nitrogens with zero attached hydrogens (tertiary/aromatic N) is 5. The van der Waals surface area contributed by atoms with Gasteiger partial charge in [0.1, 0.15) is 15.6 Å².